The second kappa shape index (κ2) is 4.62. The minimum atomic E-state index is 0.105. The Bertz CT molecular complexity index is 235. The van der Waals surface area contributed by atoms with Crippen LogP contribution in [0.3, 0.4) is 0 Å². The Morgan fingerprint density at radius 1 is 1.25 bits per heavy atom. The van der Waals surface area contributed by atoms with Gasteiger partial charge in [-0.05, 0) is 12.1 Å². The minimum absolute atomic E-state index is 0.105. The number of ether oxygens (including phenoxy) is 1. The molecule has 66 valence electrons. The van der Waals surface area contributed by atoms with Crippen molar-refractivity contribution in [3.63, 3.8) is 0 Å². The molecule has 0 heterocycles. The van der Waals surface area contributed by atoms with Crippen LogP contribution in [0.15, 0.2) is 24.3 Å². The van der Waals surface area contributed by atoms with Gasteiger partial charge in [-0.2, -0.15) is 0 Å². The first-order chi connectivity index (χ1) is 5.84. The van der Waals surface area contributed by atoms with E-state index in [1.165, 1.54) is 0 Å². The van der Waals surface area contributed by atoms with Crippen molar-refractivity contribution in [1.29, 1.82) is 0 Å². The molecule has 0 saturated heterocycles. The van der Waals surface area contributed by atoms with Crippen molar-refractivity contribution in [2.45, 2.75) is 6.42 Å². The van der Waals surface area contributed by atoms with E-state index >= 15 is 0 Å². The van der Waals surface area contributed by atoms with Crippen LogP contribution in [0.5, 0.6) is 11.5 Å². The maximum Gasteiger partial charge on any atom is 0.160 e. The molecule has 0 aromatic heterocycles. The zero-order valence-corrected chi connectivity index (χ0v) is 6.73. The lowest BCUT2D eigenvalue weighted by molar-refractivity contribution is 0.229. The van der Waals surface area contributed by atoms with Crippen LogP contribution in [0, 0.1) is 0 Å². The van der Waals surface area contributed by atoms with Crippen molar-refractivity contribution in [1.82, 2.24) is 0 Å². The number of rotatable bonds is 4. The molecular formula is C9H12O3. The molecular weight excluding hydrogens is 156 g/mol. The number of aliphatic hydroxyl groups excluding tert-OH is 1. The summed E-state index contributed by atoms with van der Waals surface area (Å²) in [6.45, 7) is 0.529. The number of benzene rings is 1. The first-order valence-corrected chi connectivity index (χ1v) is 3.86. The highest BCUT2D eigenvalue weighted by Gasteiger charge is 1.98. The van der Waals surface area contributed by atoms with E-state index in [1.54, 1.807) is 24.3 Å². The van der Waals surface area contributed by atoms with Gasteiger partial charge in [0.05, 0.1) is 6.61 Å². The maximum absolute atomic E-state index is 9.22. The van der Waals surface area contributed by atoms with Gasteiger partial charge in [0, 0.05) is 13.0 Å². The fraction of sp³-hybridized carbons (Fsp3) is 0.333. The fourth-order valence-corrected chi connectivity index (χ4v) is 0.826. The van der Waals surface area contributed by atoms with Crippen molar-refractivity contribution in [2.75, 3.05) is 13.2 Å². The second-order valence-corrected chi connectivity index (χ2v) is 2.39. The summed E-state index contributed by atoms with van der Waals surface area (Å²) in [6.07, 6.45) is 0.578. The van der Waals surface area contributed by atoms with Crippen LogP contribution in [0.2, 0.25) is 0 Å². The third-order valence-electron chi connectivity index (χ3n) is 1.43. The third-order valence-corrected chi connectivity index (χ3v) is 1.43. The van der Waals surface area contributed by atoms with Crippen LogP contribution in [-0.2, 0) is 0 Å². The molecule has 0 unspecified atom stereocenters. The van der Waals surface area contributed by atoms with Gasteiger partial charge < -0.3 is 14.9 Å². The van der Waals surface area contributed by atoms with Gasteiger partial charge in [0.2, 0.25) is 0 Å². The first-order valence-electron chi connectivity index (χ1n) is 3.86. The molecule has 1 aromatic rings. The van der Waals surface area contributed by atoms with Crippen LogP contribution in [0.4, 0.5) is 0 Å². The van der Waals surface area contributed by atoms with E-state index in [4.69, 9.17) is 9.84 Å². The van der Waals surface area contributed by atoms with Crippen molar-refractivity contribution in [2.24, 2.45) is 0 Å². The van der Waals surface area contributed by atoms with Crippen LogP contribution in [-0.4, -0.2) is 23.4 Å². The van der Waals surface area contributed by atoms with Gasteiger partial charge in [0.15, 0.2) is 11.5 Å². The summed E-state index contributed by atoms with van der Waals surface area (Å²) in [4.78, 5) is 0. The Morgan fingerprint density at radius 2 is 2.00 bits per heavy atom. The largest absolute Gasteiger partial charge is 0.504 e. The minimum Gasteiger partial charge on any atom is -0.504 e. The van der Waals surface area contributed by atoms with E-state index in [-0.39, 0.29) is 12.4 Å². The van der Waals surface area contributed by atoms with E-state index < -0.39 is 0 Å². The van der Waals surface area contributed by atoms with Crippen molar-refractivity contribution >= 4 is 0 Å². The van der Waals surface area contributed by atoms with Gasteiger partial charge >= 0.3 is 0 Å². The molecule has 0 saturated carbocycles. The van der Waals surface area contributed by atoms with E-state index in [9.17, 15) is 5.11 Å². The molecule has 0 aliphatic rings. The van der Waals surface area contributed by atoms with Gasteiger partial charge in [-0.3, -0.25) is 0 Å². The first kappa shape index (κ1) is 8.87. The molecule has 0 aliphatic heterocycles. The smallest absolute Gasteiger partial charge is 0.160 e. The van der Waals surface area contributed by atoms with Crippen molar-refractivity contribution < 1.29 is 14.9 Å². The number of phenolic OH excluding ortho intramolecular Hbond substituents is 1. The van der Waals surface area contributed by atoms with Gasteiger partial charge in [0.1, 0.15) is 0 Å². The highest BCUT2D eigenvalue weighted by Crippen LogP contribution is 2.24. The number of phenols is 1. The molecule has 0 amide bonds. The molecule has 3 nitrogen and oxygen atoms in total. The quantitative estimate of drug-likeness (QED) is 0.663. The summed E-state index contributed by atoms with van der Waals surface area (Å²) in [5.41, 5.74) is 0. The molecule has 0 fully saturated rings. The lowest BCUT2D eigenvalue weighted by Gasteiger charge is -2.05. The molecule has 0 atom stereocenters. The van der Waals surface area contributed by atoms with Gasteiger partial charge in [-0.1, -0.05) is 12.1 Å². The predicted octanol–water partition coefficient (Wildman–Crippen LogP) is 1.15. The summed E-state index contributed by atoms with van der Waals surface area (Å²) in [6, 6.07) is 6.77. The summed E-state index contributed by atoms with van der Waals surface area (Å²) in [7, 11) is 0. The maximum atomic E-state index is 9.22. The summed E-state index contributed by atoms with van der Waals surface area (Å²) < 4.78 is 5.17. The molecule has 12 heavy (non-hydrogen) atoms. The Labute approximate surface area is 71.2 Å². The number of aliphatic hydroxyl groups is 1. The van der Waals surface area contributed by atoms with Crippen molar-refractivity contribution in [3.8, 4) is 11.5 Å². The van der Waals surface area contributed by atoms with Crippen molar-refractivity contribution in [3.05, 3.63) is 24.3 Å². The molecule has 0 aliphatic carbocycles. The average Bonchev–Trinajstić information content (AvgIpc) is 2.09. The Morgan fingerprint density at radius 3 is 2.67 bits per heavy atom. The summed E-state index contributed by atoms with van der Waals surface area (Å²) >= 11 is 0. The number of hydrogen-bond donors (Lipinski definition) is 2. The lowest BCUT2D eigenvalue weighted by atomic mass is 10.3. The zero-order chi connectivity index (χ0) is 8.81. The molecule has 2 N–H and O–H groups in total. The Kier molecular flexibility index (Phi) is 3.41. The molecule has 1 rings (SSSR count). The standard InChI is InChI=1S/C9H12O3/c10-6-3-7-12-9-5-2-1-4-8(9)11/h1-2,4-5,10-11H,3,6-7H2. The SMILES string of the molecule is OCCCOc1ccccc1O. The lowest BCUT2D eigenvalue weighted by Crippen LogP contribution is -1.99. The third kappa shape index (κ3) is 2.43. The fourth-order valence-electron chi connectivity index (χ4n) is 0.826. The van der Waals surface area contributed by atoms with E-state index in [0.717, 1.165) is 0 Å². The predicted molar refractivity (Wildman–Crippen MR) is 45.3 cm³/mol. The monoisotopic (exact) mass is 168 g/mol. The van der Waals surface area contributed by atoms with Crippen LogP contribution >= 0.6 is 0 Å². The normalized spacial score (nSPS) is 9.75. The van der Waals surface area contributed by atoms with Gasteiger partial charge in [-0.15, -0.1) is 0 Å². The van der Waals surface area contributed by atoms with Crippen LogP contribution < -0.4 is 4.74 Å². The van der Waals surface area contributed by atoms with Gasteiger partial charge in [-0.25, -0.2) is 0 Å². The molecule has 0 spiro atoms. The molecule has 0 bridgehead atoms. The number of hydrogen-bond acceptors (Lipinski definition) is 3. The van der Waals surface area contributed by atoms with Crippen LogP contribution in [0.25, 0.3) is 0 Å². The number of para-hydroxylation sites is 2. The molecule has 1 aromatic carbocycles. The summed E-state index contributed by atoms with van der Waals surface area (Å²) in [5, 5.41) is 17.7. The highest BCUT2D eigenvalue weighted by atomic mass is 16.5. The highest BCUT2D eigenvalue weighted by molar-refractivity contribution is 5.37. The van der Waals surface area contributed by atoms with E-state index in [0.29, 0.717) is 18.8 Å². The van der Waals surface area contributed by atoms with E-state index in [1.807, 2.05) is 0 Å². The zero-order valence-electron chi connectivity index (χ0n) is 6.73. The second-order valence-electron chi connectivity index (χ2n) is 2.39. The molecule has 3 heteroatoms. The average molecular weight is 168 g/mol. The van der Waals surface area contributed by atoms with E-state index in [2.05, 4.69) is 0 Å². The Balaban J connectivity index is 2.46. The Hall–Kier alpha value is -1.22. The van der Waals surface area contributed by atoms with Crippen LogP contribution in [0.1, 0.15) is 6.42 Å². The number of aromatic hydroxyl groups is 1. The van der Waals surface area contributed by atoms with Gasteiger partial charge in [0.25, 0.3) is 0 Å². The topological polar surface area (TPSA) is 49.7 Å². The molecule has 0 radical (unpaired) electrons. The summed E-state index contributed by atoms with van der Waals surface area (Å²) in [5.74, 6) is 0.599.